The van der Waals surface area contributed by atoms with Crippen molar-refractivity contribution in [1.29, 1.82) is 0 Å². The average molecular weight is 471 g/mol. The van der Waals surface area contributed by atoms with Crippen molar-refractivity contribution in [2.24, 2.45) is 5.16 Å². The van der Waals surface area contributed by atoms with E-state index in [0.29, 0.717) is 31.9 Å². The minimum absolute atomic E-state index is 0.252. The predicted octanol–water partition coefficient (Wildman–Crippen LogP) is 1.66. The van der Waals surface area contributed by atoms with Gasteiger partial charge < -0.3 is 19.8 Å². The quantitative estimate of drug-likeness (QED) is 0.683. The molecule has 3 aliphatic rings. The van der Waals surface area contributed by atoms with Gasteiger partial charge in [0, 0.05) is 31.7 Å². The highest BCUT2D eigenvalue weighted by Gasteiger charge is 2.34. The van der Waals surface area contributed by atoms with Gasteiger partial charge in [-0.3, -0.25) is 4.79 Å². The first-order valence-corrected chi connectivity index (χ1v) is 12.3. The van der Waals surface area contributed by atoms with Crippen LogP contribution in [-0.4, -0.2) is 76.2 Å². The van der Waals surface area contributed by atoms with Crippen LogP contribution in [0.15, 0.2) is 40.4 Å². The number of anilines is 1. The lowest BCUT2D eigenvalue weighted by atomic mass is 9.87. The van der Waals surface area contributed by atoms with Gasteiger partial charge in [0.15, 0.2) is 5.71 Å². The molecule has 0 radical (unpaired) electrons. The third-order valence-electron chi connectivity index (χ3n) is 6.39. The topological polar surface area (TPSA) is 101 Å². The van der Waals surface area contributed by atoms with Crippen LogP contribution in [0.5, 0.6) is 0 Å². The van der Waals surface area contributed by atoms with Crippen molar-refractivity contribution in [3.05, 3.63) is 47.0 Å². The van der Waals surface area contributed by atoms with E-state index in [1.54, 1.807) is 12.1 Å². The van der Waals surface area contributed by atoms with Crippen LogP contribution in [0.25, 0.3) is 11.1 Å². The fraction of sp³-hybridized carbons (Fsp3) is 0.391. The zero-order chi connectivity index (χ0) is 23.2. The molecule has 1 amide bonds. The van der Waals surface area contributed by atoms with Crippen molar-refractivity contribution in [3.8, 4) is 11.1 Å². The third kappa shape index (κ3) is 3.82. The number of hydrogen-bond donors (Lipinski definition) is 1. The summed E-state index contributed by atoms with van der Waals surface area (Å²) in [5.41, 5.74) is 5.85. The molecule has 3 heterocycles. The lowest BCUT2D eigenvalue weighted by Gasteiger charge is -2.29. The molecule has 0 aromatic heterocycles. The minimum atomic E-state index is -3.57. The number of oxime groups is 1. The Labute approximate surface area is 193 Å². The normalized spacial score (nSPS) is 20.4. The molecule has 0 atom stereocenters. The number of nitrogens with one attached hydrogen (secondary N) is 1. The number of ether oxygens (including phenoxy) is 1. The van der Waals surface area contributed by atoms with E-state index in [1.165, 1.54) is 11.4 Å². The Balaban J connectivity index is 1.58. The predicted molar refractivity (Wildman–Crippen MR) is 124 cm³/mol. The van der Waals surface area contributed by atoms with E-state index in [1.807, 2.05) is 18.2 Å². The lowest BCUT2D eigenvalue weighted by Crippen LogP contribution is -2.40. The Bertz CT molecular complexity index is 1230. The van der Waals surface area contributed by atoms with E-state index in [9.17, 15) is 13.2 Å². The maximum absolute atomic E-state index is 13.0. The van der Waals surface area contributed by atoms with E-state index in [2.05, 4.69) is 22.4 Å². The van der Waals surface area contributed by atoms with Gasteiger partial charge in [0.1, 0.15) is 7.11 Å². The summed E-state index contributed by atoms with van der Waals surface area (Å²) in [6.45, 7) is 3.15. The van der Waals surface area contributed by atoms with Crippen molar-refractivity contribution in [1.82, 2.24) is 9.21 Å². The summed E-state index contributed by atoms with van der Waals surface area (Å²) >= 11 is 0. The molecule has 2 aromatic rings. The van der Waals surface area contributed by atoms with Gasteiger partial charge in [0.25, 0.3) is 5.91 Å². The highest BCUT2D eigenvalue weighted by molar-refractivity contribution is 7.89. The molecule has 3 aliphatic heterocycles. The van der Waals surface area contributed by atoms with Crippen molar-refractivity contribution in [3.63, 3.8) is 0 Å². The Morgan fingerprint density at radius 2 is 1.79 bits per heavy atom. The monoisotopic (exact) mass is 470 g/mol. The third-order valence-corrected chi connectivity index (χ3v) is 8.30. The maximum Gasteiger partial charge on any atom is 0.278 e. The van der Waals surface area contributed by atoms with Crippen molar-refractivity contribution in [2.45, 2.75) is 17.9 Å². The second-order valence-corrected chi connectivity index (χ2v) is 10.3. The maximum atomic E-state index is 13.0. The Morgan fingerprint density at radius 1 is 1.06 bits per heavy atom. The minimum Gasteiger partial charge on any atom is -0.398 e. The van der Waals surface area contributed by atoms with Crippen LogP contribution in [-0.2, 0) is 37.4 Å². The Hall–Kier alpha value is -2.79. The average Bonchev–Trinajstić information content (AvgIpc) is 3.14. The largest absolute Gasteiger partial charge is 0.398 e. The fourth-order valence-corrected chi connectivity index (χ4v) is 6.10. The molecule has 10 heteroatoms. The zero-order valence-electron chi connectivity index (χ0n) is 18.6. The van der Waals surface area contributed by atoms with E-state index in [0.717, 1.165) is 47.5 Å². The fourth-order valence-electron chi connectivity index (χ4n) is 4.69. The number of morpholine rings is 1. The molecule has 174 valence electrons. The van der Waals surface area contributed by atoms with Crippen molar-refractivity contribution in [2.75, 3.05) is 52.3 Å². The van der Waals surface area contributed by atoms with Crippen molar-refractivity contribution < 1.29 is 22.8 Å². The molecule has 5 rings (SSSR count). The van der Waals surface area contributed by atoms with Gasteiger partial charge in [-0.1, -0.05) is 17.3 Å². The molecule has 0 spiro atoms. The second kappa shape index (κ2) is 8.53. The first-order valence-electron chi connectivity index (χ1n) is 10.9. The molecule has 0 bridgehead atoms. The molecule has 0 saturated carbocycles. The number of amides is 1. The molecule has 0 unspecified atom stereocenters. The molecular weight excluding hydrogens is 444 g/mol. The van der Waals surface area contributed by atoms with Gasteiger partial charge in [-0.25, -0.2) is 8.42 Å². The van der Waals surface area contributed by atoms with Crippen LogP contribution in [0.1, 0.15) is 16.7 Å². The van der Waals surface area contributed by atoms with Crippen LogP contribution in [0.2, 0.25) is 0 Å². The van der Waals surface area contributed by atoms with Crippen molar-refractivity contribution >= 4 is 27.3 Å². The number of benzene rings is 2. The molecule has 1 saturated heterocycles. The first kappa shape index (κ1) is 22.0. The van der Waals surface area contributed by atoms with Gasteiger partial charge in [0.2, 0.25) is 10.0 Å². The summed E-state index contributed by atoms with van der Waals surface area (Å²) in [4.78, 5) is 19.9. The van der Waals surface area contributed by atoms with Gasteiger partial charge in [0.05, 0.1) is 23.8 Å². The number of fused-ring (bicyclic) bond motifs is 3. The summed E-state index contributed by atoms with van der Waals surface area (Å²) in [5, 5.41) is 6.90. The van der Waals surface area contributed by atoms with Crippen LogP contribution < -0.4 is 5.32 Å². The lowest BCUT2D eigenvalue weighted by molar-refractivity contribution is -0.110. The number of carbonyl (C=O) groups excluding carboxylic acids is 1. The van der Waals surface area contributed by atoms with Crippen LogP contribution in [0, 0.1) is 0 Å². The summed E-state index contributed by atoms with van der Waals surface area (Å²) < 4.78 is 32.7. The number of carbonyl (C=O) groups is 1. The van der Waals surface area contributed by atoms with E-state index in [-0.39, 0.29) is 16.5 Å². The molecule has 2 aromatic carbocycles. The molecule has 33 heavy (non-hydrogen) atoms. The standard InChI is InChI=1S/C23H26N4O5S/c1-26-8-7-17-20(14-26)18(13-19-21(17)24-23(28)22(19)25-31-2)15-3-5-16(6-4-15)33(29,30)27-9-11-32-12-10-27/h3-6,13H,7-12,14H2,1-2H3,(H,24,25,28). The van der Waals surface area contributed by atoms with Crippen LogP contribution >= 0.6 is 0 Å². The van der Waals surface area contributed by atoms with Crippen LogP contribution in [0.3, 0.4) is 0 Å². The number of likely N-dealkylation sites (N-methyl/N-ethyl adjacent to an activating group) is 1. The molecule has 1 N–H and O–H groups in total. The first-order chi connectivity index (χ1) is 15.9. The number of nitrogens with zero attached hydrogens (tertiary/aromatic N) is 3. The smallest absolute Gasteiger partial charge is 0.278 e. The van der Waals surface area contributed by atoms with Gasteiger partial charge >= 0.3 is 0 Å². The summed E-state index contributed by atoms with van der Waals surface area (Å²) in [6, 6.07) is 8.93. The van der Waals surface area contributed by atoms with Gasteiger partial charge in [-0.15, -0.1) is 0 Å². The van der Waals surface area contributed by atoms with E-state index < -0.39 is 10.0 Å². The van der Waals surface area contributed by atoms with E-state index >= 15 is 0 Å². The molecule has 9 nitrogen and oxygen atoms in total. The highest BCUT2D eigenvalue weighted by atomic mass is 32.2. The number of sulfonamides is 1. The summed E-state index contributed by atoms with van der Waals surface area (Å²) in [7, 11) is -0.0846. The number of hydrogen-bond acceptors (Lipinski definition) is 7. The number of rotatable bonds is 4. The van der Waals surface area contributed by atoms with Crippen LogP contribution in [0.4, 0.5) is 5.69 Å². The summed E-state index contributed by atoms with van der Waals surface area (Å²) in [6.07, 6.45) is 0.798. The Kier molecular flexibility index (Phi) is 5.69. The molecule has 1 fully saturated rings. The van der Waals surface area contributed by atoms with Gasteiger partial charge in [-0.05, 0) is 53.9 Å². The van der Waals surface area contributed by atoms with E-state index in [4.69, 9.17) is 9.57 Å². The summed E-state index contributed by atoms with van der Waals surface area (Å²) in [5.74, 6) is -0.280. The zero-order valence-corrected chi connectivity index (χ0v) is 19.4. The second-order valence-electron chi connectivity index (χ2n) is 8.41. The highest BCUT2D eigenvalue weighted by Crippen LogP contribution is 2.40. The molecule has 0 aliphatic carbocycles. The molecular formula is C23H26N4O5S. The van der Waals surface area contributed by atoms with Gasteiger partial charge in [-0.2, -0.15) is 4.31 Å². The SMILES string of the molecule is CON=C1C(=O)Nc2c1cc(-c1ccc(S(=O)(=O)N3CCOCC3)cc1)c1c2CCN(C)C1. The Morgan fingerprint density at radius 3 is 2.48 bits per heavy atom.